The van der Waals surface area contributed by atoms with E-state index in [9.17, 15) is 0 Å². The van der Waals surface area contributed by atoms with Gasteiger partial charge in [-0.3, -0.25) is 11.3 Å². The zero-order valence-electron chi connectivity index (χ0n) is 7.22. The molecule has 2 aliphatic carbocycles. The van der Waals surface area contributed by atoms with E-state index in [1.165, 1.54) is 25.7 Å². The standard InChI is InChI=1S/C9H18N2/c1-6(11-10)9-5-7-2-3-8(9)4-7/h6-9,11H,2-5,10H2,1H3/t6-,7-,8-,9-/m0/s1. The monoisotopic (exact) mass is 154 g/mol. The van der Waals surface area contributed by atoms with Gasteiger partial charge in [-0.25, -0.2) is 0 Å². The molecule has 0 aromatic carbocycles. The molecule has 0 heterocycles. The largest absolute Gasteiger partial charge is 0.271 e. The molecule has 2 nitrogen and oxygen atoms in total. The summed E-state index contributed by atoms with van der Waals surface area (Å²) in [5, 5.41) is 0. The zero-order valence-corrected chi connectivity index (χ0v) is 7.22. The van der Waals surface area contributed by atoms with Crippen molar-refractivity contribution in [1.82, 2.24) is 5.43 Å². The van der Waals surface area contributed by atoms with Crippen LogP contribution in [0.2, 0.25) is 0 Å². The van der Waals surface area contributed by atoms with Gasteiger partial charge < -0.3 is 0 Å². The molecule has 2 saturated carbocycles. The van der Waals surface area contributed by atoms with Gasteiger partial charge in [0, 0.05) is 6.04 Å². The summed E-state index contributed by atoms with van der Waals surface area (Å²) in [6, 6.07) is 0.533. The fourth-order valence-electron chi connectivity index (χ4n) is 3.03. The van der Waals surface area contributed by atoms with Crippen molar-refractivity contribution in [2.75, 3.05) is 0 Å². The quantitative estimate of drug-likeness (QED) is 0.464. The molecule has 64 valence electrons. The molecule has 2 heteroatoms. The summed E-state index contributed by atoms with van der Waals surface area (Å²) in [5.74, 6) is 8.34. The molecule has 11 heavy (non-hydrogen) atoms. The van der Waals surface area contributed by atoms with Gasteiger partial charge in [0.2, 0.25) is 0 Å². The predicted octanol–water partition coefficient (Wildman–Crippen LogP) is 1.27. The Balaban J connectivity index is 1.96. The Morgan fingerprint density at radius 1 is 1.36 bits per heavy atom. The van der Waals surface area contributed by atoms with Crippen LogP contribution in [0.15, 0.2) is 0 Å². The molecule has 0 spiro atoms. The van der Waals surface area contributed by atoms with Crippen LogP contribution in [0.5, 0.6) is 0 Å². The van der Waals surface area contributed by atoms with Gasteiger partial charge in [0.25, 0.3) is 0 Å². The number of hydrogen-bond acceptors (Lipinski definition) is 2. The predicted molar refractivity (Wildman–Crippen MR) is 45.7 cm³/mol. The molecular weight excluding hydrogens is 136 g/mol. The van der Waals surface area contributed by atoms with Gasteiger partial charge in [0.15, 0.2) is 0 Å². The van der Waals surface area contributed by atoms with Crippen molar-refractivity contribution in [3.63, 3.8) is 0 Å². The minimum Gasteiger partial charge on any atom is -0.271 e. The van der Waals surface area contributed by atoms with Crippen LogP contribution < -0.4 is 11.3 Å². The number of hydrogen-bond donors (Lipinski definition) is 2. The number of nitrogens with one attached hydrogen (secondary N) is 1. The van der Waals surface area contributed by atoms with Crippen LogP contribution in [0, 0.1) is 17.8 Å². The molecule has 0 aromatic heterocycles. The van der Waals surface area contributed by atoms with Gasteiger partial charge in [-0.1, -0.05) is 6.42 Å². The second-order valence-corrected chi connectivity index (χ2v) is 4.29. The van der Waals surface area contributed by atoms with Crippen LogP contribution in [-0.2, 0) is 0 Å². The highest BCUT2D eigenvalue weighted by molar-refractivity contribution is 4.93. The van der Waals surface area contributed by atoms with E-state index in [0.29, 0.717) is 6.04 Å². The lowest BCUT2D eigenvalue weighted by Gasteiger charge is -2.26. The molecule has 0 unspecified atom stereocenters. The Labute approximate surface area is 68.5 Å². The highest BCUT2D eigenvalue weighted by Crippen LogP contribution is 2.49. The van der Waals surface area contributed by atoms with E-state index in [0.717, 1.165) is 17.8 Å². The molecule has 3 N–H and O–H groups in total. The average Bonchev–Trinajstić information content (AvgIpc) is 2.62. The van der Waals surface area contributed by atoms with Crippen LogP contribution in [0.3, 0.4) is 0 Å². The molecule has 0 radical (unpaired) electrons. The van der Waals surface area contributed by atoms with E-state index in [2.05, 4.69) is 12.3 Å². The summed E-state index contributed by atoms with van der Waals surface area (Å²) in [5.41, 5.74) is 2.89. The molecule has 0 aromatic rings. The first-order chi connectivity index (χ1) is 5.31. The van der Waals surface area contributed by atoms with Crippen LogP contribution in [0.4, 0.5) is 0 Å². The maximum Gasteiger partial charge on any atom is 0.0213 e. The van der Waals surface area contributed by atoms with Gasteiger partial charge >= 0.3 is 0 Å². The highest BCUT2D eigenvalue weighted by Gasteiger charge is 2.41. The average molecular weight is 154 g/mol. The van der Waals surface area contributed by atoms with Crippen molar-refractivity contribution >= 4 is 0 Å². The molecule has 2 bridgehead atoms. The lowest BCUT2D eigenvalue weighted by Crippen LogP contribution is -2.40. The molecule has 4 atom stereocenters. The number of hydrazine groups is 1. The van der Waals surface area contributed by atoms with E-state index in [1.54, 1.807) is 0 Å². The summed E-state index contributed by atoms with van der Waals surface area (Å²) in [6.45, 7) is 2.21. The molecule has 2 fully saturated rings. The second-order valence-electron chi connectivity index (χ2n) is 4.29. The van der Waals surface area contributed by atoms with Gasteiger partial charge in [-0.15, -0.1) is 0 Å². The fourth-order valence-corrected chi connectivity index (χ4v) is 3.03. The van der Waals surface area contributed by atoms with Crippen LogP contribution in [0.25, 0.3) is 0 Å². The van der Waals surface area contributed by atoms with Crippen LogP contribution >= 0.6 is 0 Å². The molecule has 2 rings (SSSR count). The van der Waals surface area contributed by atoms with Gasteiger partial charge in [0.1, 0.15) is 0 Å². The highest BCUT2D eigenvalue weighted by atomic mass is 15.2. The molecule has 0 saturated heterocycles. The number of rotatable bonds is 2. The fraction of sp³-hybridized carbons (Fsp3) is 1.00. The normalized spacial score (nSPS) is 44.7. The number of nitrogens with two attached hydrogens (primary N) is 1. The lowest BCUT2D eigenvalue weighted by atomic mass is 9.84. The van der Waals surface area contributed by atoms with Crippen LogP contribution in [0.1, 0.15) is 32.6 Å². The maximum atomic E-state index is 5.43. The summed E-state index contributed by atoms with van der Waals surface area (Å²) < 4.78 is 0. The Morgan fingerprint density at radius 3 is 2.64 bits per heavy atom. The molecular formula is C9H18N2. The van der Waals surface area contributed by atoms with Crippen molar-refractivity contribution in [2.24, 2.45) is 23.6 Å². The van der Waals surface area contributed by atoms with Crippen molar-refractivity contribution in [3.8, 4) is 0 Å². The van der Waals surface area contributed by atoms with E-state index in [-0.39, 0.29) is 0 Å². The van der Waals surface area contributed by atoms with Gasteiger partial charge in [-0.05, 0) is 43.9 Å². The third kappa shape index (κ3) is 1.18. The van der Waals surface area contributed by atoms with E-state index >= 15 is 0 Å². The third-order valence-corrected chi connectivity index (χ3v) is 3.70. The summed E-state index contributed by atoms with van der Waals surface area (Å²) in [7, 11) is 0. The number of fused-ring (bicyclic) bond motifs is 2. The van der Waals surface area contributed by atoms with E-state index in [1.807, 2.05) is 0 Å². The Hall–Kier alpha value is -0.0800. The van der Waals surface area contributed by atoms with Crippen molar-refractivity contribution in [2.45, 2.75) is 38.6 Å². The molecule has 0 amide bonds. The summed E-state index contributed by atoms with van der Waals surface area (Å²) in [6.07, 6.45) is 5.85. The Morgan fingerprint density at radius 2 is 2.18 bits per heavy atom. The van der Waals surface area contributed by atoms with Crippen molar-refractivity contribution in [1.29, 1.82) is 0 Å². The second kappa shape index (κ2) is 2.76. The molecule has 2 aliphatic rings. The Bertz CT molecular complexity index is 146. The zero-order chi connectivity index (χ0) is 7.84. The summed E-state index contributed by atoms with van der Waals surface area (Å²) >= 11 is 0. The smallest absolute Gasteiger partial charge is 0.0213 e. The molecule has 0 aliphatic heterocycles. The minimum atomic E-state index is 0.533. The van der Waals surface area contributed by atoms with Gasteiger partial charge in [0.05, 0.1) is 0 Å². The summed E-state index contributed by atoms with van der Waals surface area (Å²) in [4.78, 5) is 0. The Kier molecular flexibility index (Phi) is 1.90. The van der Waals surface area contributed by atoms with E-state index in [4.69, 9.17) is 5.84 Å². The van der Waals surface area contributed by atoms with Crippen molar-refractivity contribution < 1.29 is 0 Å². The van der Waals surface area contributed by atoms with Crippen molar-refractivity contribution in [3.05, 3.63) is 0 Å². The minimum absolute atomic E-state index is 0.533. The first-order valence-electron chi connectivity index (χ1n) is 4.77. The first kappa shape index (κ1) is 7.56. The third-order valence-electron chi connectivity index (χ3n) is 3.70. The SMILES string of the molecule is C[C@H](NN)[C@@H]1C[C@H]2CC[C@H]1C2. The van der Waals surface area contributed by atoms with Crippen LogP contribution in [-0.4, -0.2) is 6.04 Å². The first-order valence-corrected chi connectivity index (χ1v) is 4.77. The lowest BCUT2D eigenvalue weighted by molar-refractivity contribution is 0.262. The van der Waals surface area contributed by atoms with Gasteiger partial charge in [-0.2, -0.15) is 0 Å². The van der Waals surface area contributed by atoms with E-state index < -0.39 is 0 Å². The topological polar surface area (TPSA) is 38.0 Å². The maximum absolute atomic E-state index is 5.43.